The fourth-order valence-corrected chi connectivity index (χ4v) is 3.53. The van der Waals surface area contributed by atoms with E-state index in [0.717, 1.165) is 65.5 Å². The van der Waals surface area contributed by atoms with Crippen molar-refractivity contribution in [2.24, 2.45) is 5.92 Å². The minimum Gasteiger partial charge on any atom is -0.496 e. The average molecular weight is 370 g/mol. The molecule has 1 aromatic heterocycles. The fourth-order valence-electron chi connectivity index (χ4n) is 3.53. The number of rotatable bonds is 9. The zero-order valence-electron chi connectivity index (χ0n) is 17.2. The summed E-state index contributed by atoms with van der Waals surface area (Å²) in [6.45, 7) is 8.34. The number of aromatic nitrogens is 2. The van der Waals surface area contributed by atoms with Crippen molar-refractivity contribution in [2.45, 2.75) is 46.5 Å². The minimum atomic E-state index is 0.661. The van der Waals surface area contributed by atoms with E-state index in [9.17, 15) is 0 Å². The van der Waals surface area contributed by atoms with Crippen LogP contribution in [0.5, 0.6) is 11.6 Å². The van der Waals surface area contributed by atoms with Crippen LogP contribution in [0.3, 0.4) is 0 Å². The molecule has 0 spiro atoms. The van der Waals surface area contributed by atoms with E-state index >= 15 is 0 Å². The second kappa shape index (κ2) is 8.70. The van der Waals surface area contributed by atoms with Crippen molar-refractivity contribution >= 4 is 0 Å². The molecule has 5 nitrogen and oxygen atoms in total. The Labute approximate surface area is 162 Å². The molecule has 1 heterocycles. The maximum absolute atomic E-state index is 5.62. The van der Waals surface area contributed by atoms with Crippen LogP contribution in [0.15, 0.2) is 12.1 Å². The third-order valence-electron chi connectivity index (χ3n) is 5.17. The minimum absolute atomic E-state index is 0.661. The van der Waals surface area contributed by atoms with E-state index in [1.54, 1.807) is 14.2 Å². The molecule has 1 aliphatic carbocycles. The molecule has 0 aliphatic heterocycles. The monoisotopic (exact) mass is 369 g/mol. The molecule has 1 N–H and O–H groups in total. The molecule has 0 unspecified atom stereocenters. The van der Waals surface area contributed by atoms with Gasteiger partial charge < -0.3 is 14.8 Å². The molecule has 1 fully saturated rings. The number of hydrogen-bond donors (Lipinski definition) is 1. The van der Waals surface area contributed by atoms with Crippen molar-refractivity contribution in [3.8, 4) is 23.0 Å². The summed E-state index contributed by atoms with van der Waals surface area (Å²) in [7, 11) is 3.37. The molecular weight excluding hydrogens is 338 g/mol. The van der Waals surface area contributed by atoms with Gasteiger partial charge in [0.05, 0.1) is 19.8 Å². The Balaban J connectivity index is 1.81. The highest BCUT2D eigenvalue weighted by molar-refractivity contribution is 5.69. The largest absolute Gasteiger partial charge is 0.496 e. The van der Waals surface area contributed by atoms with E-state index in [-0.39, 0.29) is 0 Å². The molecule has 0 saturated heterocycles. The van der Waals surface area contributed by atoms with Gasteiger partial charge in [0.2, 0.25) is 5.88 Å². The summed E-state index contributed by atoms with van der Waals surface area (Å²) in [4.78, 5) is 9.52. The van der Waals surface area contributed by atoms with Gasteiger partial charge in [-0.2, -0.15) is 4.98 Å². The van der Waals surface area contributed by atoms with Crippen LogP contribution >= 0.6 is 0 Å². The predicted molar refractivity (Wildman–Crippen MR) is 109 cm³/mol. The summed E-state index contributed by atoms with van der Waals surface area (Å²) < 4.78 is 11.2. The first kappa shape index (κ1) is 19.6. The standard InChI is InChI=1S/C22H31N3O2/c1-14-11-15(2)20(19(12-14)26-4)21-24-16(3)18(22(25-21)27-5)7-6-10-23-13-17-8-9-17/h11-12,17,23H,6-10,13H2,1-5H3. The van der Waals surface area contributed by atoms with Gasteiger partial charge in [0.1, 0.15) is 5.75 Å². The summed E-state index contributed by atoms with van der Waals surface area (Å²) in [6.07, 6.45) is 4.74. The molecule has 5 heteroatoms. The molecule has 0 atom stereocenters. The van der Waals surface area contributed by atoms with Crippen LogP contribution in [0.2, 0.25) is 0 Å². The Bertz CT molecular complexity index is 801. The number of benzene rings is 1. The highest BCUT2D eigenvalue weighted by Gasteiger charge is 2.20. The highest BCUT2D eigenvalue weighted by atomic mass is 16.5. The smallest absolute Gasteiger partial charge is 0.220 e. The number of nitrogens with one attached hydrogen (secondary N) is 1. The Morgan fingerprint density at radius 1 is 1.07 bits per heavy atom. The third kappa shape index (κ3) is 4.78. The van der Waals surface area contributed by atoms with E-state index in [2.05, 4.69) is 25.2 Å². The van der Waals surface area contributed by atoms with Crippen LogP contribution in [0.25, 0.3) is 11.4 Å². The van der Waals surface area contributed by atoms with Crippen molar-refractivity contribution in [1.82, 2.24) is 15.3 Å². The molecule has 146 valence electrons. The molecular formula is C22H31N3O2. The normalized spacial score (nSPS) is 13.7. The quantitative estimate of drug-likeness (QED) is 0.677. The lowest BCUT2D eigenvalue weighted by Gasteiger charge is -2.16. The van der Waals surface area contributed by atoms with Crippen LogP contribution in [0.1, 0.15) is 41.6 Å². The zero-order valence-corrected chi connectivity index (χ0v) is 17.2. The van der Waals surface area contributed by atoms with Crippen LogP contribution in [-0.4, -0.2) is 37.3 Å². The van der Waals surface area contributed by atoms with Gasteiger partial charge in [-0.25, -0.2) is 4.98 Å². The topological polar surface area (TPSA) is 56.3 Å². The summed E-state index contributed by atoms with van der Waals surface area (Å²) in [6, 6.07) is 4.15. The lowest BCUT2D eigenvalue weighted by atomic mass is 10.0. The van der Waals surface area contributed by atoms with Gasteiger partial charge in [-0.3, -0.25) is 0 Å². The van der Waals surface area contributed by atoms with Crippen LogP contribution < -0.4 is 14.8 Å². The van der Waals surface area contributed by atoms with Gasteiger partial charge in [0, 0.05) is 11.3 Å². The Morgan fingerprint density at radius 2 is 1.85 bits per heavy atom. The average Bonchev–Trinajstić information content (AvgIpc) is 3.45. The van der Waals surface area contributed by atoms with E-state index in [4.69, 9.17) is 19.4 Å². The fraction of sp³-hybridized carbons (Fsp3) is 0.545. The van der Waals surface area contributed by atoms with Crippen molar-refractivity contribution in [3.63, 3.8) is 0 Å². The first-order chi connectivity index (χ1) is 13.0. The molecule has 1 saturated carbocycles. The van der Waals surface area contributed by atoms with Gasteiger partial charge in [-0.15, -0.1) is 0 Å². The first-order valence-corrected chi connectivity index (χ1v) is 9.81. The van der Waals surface area contributed by atoms with E-state index in [0.29, 0.717) is 11.7 Å². The SMILES string of the molecule is COc1cc(C)cc(C)c1-c1nc(C)c(CCCNCC2CC2)c(OC)n1. The van der Waals surface area contributed by atoms with Crippen LogP contribution in [-0.2, 0) is 6.42 Å². The molecule has 27 heavy (non-hydrogen) atoms. The van der Waals surface area contributed by atoms with Crippen molar-refractivity contribution in [1.29, 1.82) is 0 Å². The second-order valence-electron chi connectivity index (χ2n) is 7.53. The second-order valence-corrected chi connectivity index (χ2v) is 7.53. The van der Waals surface area contributed by atoms with Gasteiger partial charge in [0.25, 0.3) is 0 Å². The molecule has 0 amide bonds. The Kier molecular flexibility index (Phi) is 6.32. The van der Waals surface area contributed by atoms with Gasteiger partial charge >= 0.3 is 0 Å². The molecule has 0 bridgehead atoms. The number of nitrogens with zero attached hydrogens (tertiary/aromatic N) is 2. The summed E-state index contributed by atoms with van der Waals surface area (Å²) in [5, 5.41) is 3.54. The van der Waals surface area contributed by atoms with Crippen LogP contribution in [0.4, 0.5) is 0 Å². The van der Waals surface area contributed by atoms with E-state index in [1.165, 1.54) is 12.8 Å². The summed E-state index contributed by atoms with van der Waals surface area (Å²) >= 11 is 0. The van der Waals surface area contributed by atoms with Crippen molar-refractivity contribution in [3.05, 3.63) is 34.5 Å². The Morgan fingerprint density at radius 3 is 2.52 bits per heavy atom. The third-order valence-corrected chi connectivity index (χ3v) is 5.17. The van der Waals surface area contributed by atoms with Gasteiger partial charge in [0.15, 0.2) is 5.82 Å². The maximum Gasteiger partial charge on any atom is 0.220 e. The molecule has 3 rings (SSSR count). The molecule has 0 radical (unpaired) electrons. The van der Waals surface area contributed by atoms with Crippen LogP contribution in [0, 0.1) is 26.7 Å². The first-order valence-electron chi connectivity index (χ1n) is 9.81. The highest BCUT2D eigenvalue weighted by Crippen LogP contribution is 2.34. The summed E-state index contributed by atoms with van der Waals surface area (Å²) in [5.41, 5.74) is 5.26. The lowest BCUT2D eigenvalue weighted by Crippen LogP contribution is -2.19. The zero-order chi connectivity index (χ0) is 19.4. The molecule has 1 aliphatic rings. The van der Waals surface area contributed by atoms with E-state index in [1.807, 2.05) is 13.0 Å². The maximum atomic E-state index is 5.62. The number of aryl methyl sites for hydroxylation is 3. The van der Waals surface area contributed by atoms with E-state index < -0.39 is 0 Å². The van der Waals surface area contributed by atoms with Gasteiger partial charge in [-0.05, 0) is 82.7 Å². The van der Waals surface area contributed by atoms with Crippen molar-refractivity contribution in [2.75, 3.05) is 27.3 Å². The van der Waals surface area contributed by atoms with Crippen molar-refractivity contribution < 1.29 is 9.47 Å². The van der Waals surface area contributed by atoms with Gasteiger partial charge in [-0.1, -0.05) is 6.07 Å². The number of hydrogen-bond acceptors (Lipinski definition) is 5. The number of ether oxygens (including phenoxy) is 2. The Hall–Kier alpha value is -2.14. The predicted octanol–water partition coefficient (Wildman–Crippen LogP) is 4.02. The molecule has 2 aromatic rings. The lowest BCUT2D eigenvalue weighted by molar-refractivity contribution is 0.389. The number of methoxy groups -OCH3 is 2. The summed E-state index contributed by atoms with van der Waals surface area (Å²) in [5.74, 6) is 3.04. The molecule has 1 aromatic carbocycles.